The molecule has 0 aromatic heterocycles. The third-order valence-corrected chi connectivity index (χ3v) is 2.35. The molecule has 0 fully saturated rings. The second kappa shape index (κ2) is 15.4. The molecule has 6 heteroatoms. The lowest BCUT2D eigenvalue weighted by molar-refractivity contribution is 0.558. The first-order valence-electron chi connectivity index (χ1n) is 6.55. The van der Waals surface area contributed by atoms with Gasteiger partial charge in [0.25, 0.3) is 0 Å². The summed E-state index contributed by atoms with van der Waals surface area (Å²) in [7, 11) is 0. The van der Waals surface area contributed by atoms with Crippen molar-refractivity contribution >= 4 is 23.9 Å². The van der Waals surface area contributed by atoms with Crippen LogP contribution in [0.25, 0.3) is 0 Å². The zero-order chi connectivity index (χ0) is 15.6. The molecule has 0 aliphatic rings. The van der Waals surface area contributed by atoms with Crippen LogP contribution in [-0.2, 0) is 14.4 Å². The average Bonchev–Trinajstić information content (AvgIpc) is 2.52. The molecule has 0 amide bonds. The lowest BCUT2D eigenvalue weighted by Crippen LogP contribution is -1.84. The molecule has 0 N–H and O–H groups in total. The average molecular weight is 287 g/mol. The van der Waals surface area contributed by atoms with Gasteiger partial charge in [-0.3, -0.25) is 0 Å². The van der Waals surface area contributed by atoms with Crippen LogP contribution in [0.1, 0.15) is 25.7 Å². The summed E-state index contributed by atoms with van der Waals surface area (Å²) in [6, 6.07) is 8.98. The van der Waals surface area contributed by atoms with E-state index in [-0.39, 0.29) is 0 Å². The highest BCUT2D eigenvalue weighted by atomic mass is 16.1. The van der Waals surface area contributed by atoms with Gasteiger partial charge in [-0.25, -0.2) is 24.4 Å². The molecule has 1 rings (SSSR count). The van der Waals surface area contributed by atoms with E-state index in [1.807, 2.05) is 18.2 Å². The van der Waals surface area contributed by atoms with E-state index in [9.17, 15) is 14.4 Å². The molecule has 0 heterocycles. The first kappa shape index (κ1) is 18.4. The quantitative estimate of drug-likeness (QED) is 0.418. The van der Waals surface area contributed by atoms with Crippen molar-refractivity contribution < 1.29 is 14.4 Å². The van der Waals surface area contributed by atoms with Crippen LogP contribution in [0.4, 0.5) is 5.69 Å². The Morgan fingerprint density at radius 2 is 1.24 bits per heavy atom. The van der Waals surface area contributed by atoms with E-state index in [1.165, 1.54) is 18.2 Å². The molecular weight excluding hydrogens is 270 g/mol. The van der Waals surface area contributed by atoms with Crippen LogP contribution in [0.15, 0.2) is 45.3 Å². The number of hydrogen-bond donors (Lipinski definition) is 0. The van der Waals surface area contributed by atoms with Crippen molar-refractivity contribution in [2.24, 2.45) is 15.0 Å². The summed E-state index contributed by atoms with van der Waals surface area (Å²) in [6.07, 6.45) is 8.26. The number of rotatable bonds is 8. The van der Waals surface area contributed by atoms with E-state index < -0.39 is 0 Å². The van der Waals surface area contributed by atoms with Gasteiger partial charge < -0.3 is 0 Å². The molecule has 0 saturated heterocycles. The Morgan fingerprint density at radius 1 is 0.714 bits per heavy atom. The molecule has 0 aliphatic heterocycles. The van der Waals surface area contributed by atoms with Gasteiger partial charge in [0, 0.05) is 0 Å². The summed E-state index contributed by atoms with van der Waals surface area (Å²) >= 11 is 0. The minimum Gasteiger partial charge on any atom is -0.211 e. The van der Waals surface area contributed by atoms with Crippen LogP contribution in [0, 0.1) is 0 Å². The molecule has 0 spiro atoms. The van der Waals surface area contributed by atoms with Crippen molar-refractivity contribution in [2.45, 2.75) is 25.7 Å². The van der Waals surface area contributed by atoms with Crippen LogP contribution >= 0.6 is 0 Å². The molecular formula is C15H17N3O3. The van der Waals surface area contributed by atoms with Crippen LogP contribution < -0.4 is 0 Å². The fraction of sp³-hybridized carbons (Fsp3) is 0.400. The molecule has 0 saturated carbocycles. The maximum absolute atomic E-state index is 9.68. The number of unbranched alkanes of at least 4 members (excludes halogenated alkanes) is 3. The second-order valence-electron chi connectivity index (χ2n) is 3.90. The summed E-state index contributed by atoms with van der Waals surface area (Å²) in [5.74, 6) is 0. The Balaban J connectivity index is 0.000000394. The third kappa shape index (κ3) is 13.6. The topological polar surface area (TPSA) is 88.3 Å². The highest BCUT2D eigenvalue weighted by molar-refractivity contribution is 5.47. The summed E-state index contributed by atoms with van der Waals surface area (Å²) in [5.41, 5.74) is 0.646. The summed E-state index contributed by atoms with van der Waals surface area (Å²) < 4.78 is 0. The van der Waals surface area contributed by atoms with Crippen molar-refractivity contribution in [1.29, 1.82) is 0 Å². The molecule has 6 nitrogen and oxygen atoms in total. The number of aliphatic imine (C=N–C) groups is 3. The lowest BCUT2D eigenvalue weighted by atomic mass is 10.2. The van der Waals surface area contributed by atoms with Crippen molar-refractivity contribution in [3.05, 3.63) is 30.3 Å². The Morgan fingerprint density at radius 3 is 1.67 bits per heavy atom. The maximum atomic E-state index is 9.68. The minimum absolute atomic E-state index is 0.556. The van der Waals surface area contributed by atoms with Crippen LogP contribution in [-0.4, -0.2) is 31.3 Å². The fourth-order valence-electron chi connectivity index (χ4n) is 1.38. The van der Waals surface area contributed by atoms with Gasteiger partial charge in [-0.15, -0.1) is 0 Å². The van der Waals surface area contributed by atoms with Crippen molar-refractivity contribution in [2.75, 3.05) is 13.1 Å². The molecule has 1 aromatic rings. The molecule has 21 heavy (non-hydrogen) atoms. The van der Waals surface area contributed by atoms with Gasteiger partial charge in [0.15, 0.2) is 0 Å². The number of isocyanates is 3. The van der Waals surface area contributed by atoms with Gasteiger partial charge in [-0.2, -0.15) is 4.99 Å². The zero-order valence-corrected chi connectivity index (χ0v) is 11.7. The van der Waals surface area contributed by atoms with Crippen LogP contribution in [0.3, 0.4) is 0 Å². The second-order valence-corrected chi connectivity index (χ2v) is 3.90. The largest absolute Gasteiger partial charge is 0.240 e. The van der Waals surface area contributed by atoms with Crippen molar-refractivity contribution in [3.8, 4) is 0 Å². The van der Waals surface area contributed by atoms with E-state index in [0.717, 1.165) is 25.7 Å². The SMILES string of the molecule is O=C=NCCCCCCN=C=O.O=C=Nc1ccccc1. The predicted molar refractivity (Wildman–Crippen MR) is 78.7 cm³/mol. The third-order valence-electron chi connectivity index (χ3n) is 2.35. The van der Waals surface area contributed by atoms with Crippen LogP contribution in [0.2, 0.25) is 0 Å². The Labute approximate surface area is 123 Å². The van der Waals surface area contributed by atoms with Crippen molar-refractivity contribution in [3.63, 3.8) is 0 Å². The lowest BCUT2D eigenvalue weighted by Gasteiger charge is -1.93. The summed E-state index contributed by atoms with van der Waals surface area (Å²) in [4.78, 5) is 39.2. The van der Waals surface area contributed by atoms with Gasteiger partial charge >= 0.3 is 0 Å². The molecule has 0 atom stereocenters. The molecule has 110 valence electrons. The van der Waals surface area contributed by atoms with Gasteiger partial charge in [-0.1, -0.05) is 31.0 Å². The van der Waals surface area contributed by atoms with E-state index in [1.54, 1.807) is 12.1 Å². The number of nitrogens with zero attached hydrogens (tertiary/aromatic N) is 3. The Kier molecular flexibility index (Phi) is 13.5. The van der Waals surface area contributed by atoms with Gasteiger partial charge in [-0.05, 0) is 25.0 Å². The summed E-state index contributed by atoms with van der Waals surface area (Å²) in [5, 5.41) is 0. The predicted octanol–water partition coefficient (Wildman–Crippen LogP) is 2.87. The molecule has 0 aliphatic carbocycles. The van der Waals surface area contributed by atoms with Crippen LogP contribution in [0.5, 0.6) is 0 Å². The smallest absolute Gasteiger partial charge is 0.211 e. The van der Waals surface area contributed by atoms with E-state index >= 15 is 0 Å². The highest BCUT2D eigenvalue weighted by Crippen LogP contribution is 2.07. The number of hydrogen-bond acceptors (Lipinski definition) is 6. The first-order valence-corrected chi connectivity index (χ1v) is 6.55. The molecule has 0 radical (unpaired) electrons. The zero-order valence-electron chi connectivity index (χ0n) is 11.7. The fourth-order valence-corrected chi connectivity index (χ4v) is 1.38. The van der Waals surface area contributed by atoms with Gasteiger partial charge in [0.1, 0.15) is 0 Å². The summed E-state index contributed by atoms with van der Waals surface area (Å²) in [6.45, 7) is 1.11. The molecule has 0 unspecified atom stereocenters. The monoisotopic (exact) mass is 287 g/mol. The van der Waals surface area contributed by atoms with Gasteiger partial charge in [0.2, 0.25) is 18.2 Å². The normalized spacial score (nSPS) is 8.19. The number of benzene rings is 1. The first-order chi connectivity index (χ1) is 10.3. The van der Waals surface area contributed by atoms with E-state index in [4.69, 9.17) is 0 Å². The molecule has 0 bridgehead atoms. The van der Waals surface area contributed by atoms with Gasteiger partial charge in [0.05, 0.1) is 18.8 Å². The van der Waals surface area contributed by atoms with E-state index in [2.05, 4.69) is 15.0 Å². The number of carbonyl (C=O) groups excluding carboxylic acids is 3. The standard InChI is InChI=1S/C8H12N2O2.C7H5NO/c11-7-9-5-3-1-2-4-6-10-8-12;9-6-8-7-4-2-1-3-5-7/h1-6H2;1-5H. The Hall–Kier alpha value is -2.64. The minimum atomic E-state index is 0.556. The highest BCUT2D eigenvalue weighted by Gasteiger charge is 1.87. The maximum Gasteiger partial charge on any atom is 0.240 e. The molecule has 1 aromatic carbocycles. The Bertz CT molecular complexity index is 490. The van der Waals surface area contributed by atoms with Crippen molar-refractivity contribution in [1.82, 2.24) is 0 Å². The number of para-hydroxylation sites is 1. The van der Waals surface area contributed by atoms with E-state index in [0.29, 0.717) is 18.8 Å².